The Morgan fingerprint density at radius 2 is 1.56 bits per heavy atom. The highest BCUT2D eigenvalue weighted by Gasteiger charge is 2.32. The molecular weight excluding hydrogens is 567 g/mol. The van der Waals surface area contributed by atoms with Crippen molar-refractivity contribution in [3.05, 3.63) is 100 Å². The normalized spacial score (nSPS) is 19.8. The van der Waals surface area contributed by atoms with Gasteiger partial charge in [-0.1, -0.05) is 54.1 Å². The van der Waals surface area contributed by atoms with E-state index in [9.17, 15) is 14.0 Å². The van der Waals surface area contributed by atoms with Gasteiger partial charge in [0.1, 0.15) is 11.6 Å². The number of rotatable bonds is 9. The SMILES string of the molecule is CC1CN(C(=O)COc2ccc(Cl)cc2CN2CCN(C(=O)Cc3ccccc3)CC2)C(C)CN1Cc1ccc(F)cc1. The number of amides is 2. The van der Waals surface area contributed by atoms with Crippen LogP contribution in [0.2, 0.25) is 5.02 Å². The number of carbonyl (C=O) groups excluding carboxylic acids is 2. The van der Waals surface area contributed by atoms with Crippen molar-refractivity contribution in [3.63, 3.8) is 0 Å². The molecule has 0 N–H and O–H groups in total. The van der Waals surface area contributed by atoms with E-state index in [0.717, 1.165) is 36.3 Å². The van der Waals surface area contributed by atoms with E-state index in [1.165, 1.54) is 12.1 Å². The summed E-state index contributed by atoms with van der Waals surface area (Å²) in [6, 6.07) is 22.1. The topological polar surface area (TPSA) is 56.3 Å². The fourth-order valence-corrected chi connectivity index (χ4v) is 6.10. The molecule has 2 aliphatic rings. The van der Waals surface area contributed by atoms with Crippen molar-refractivity contribution in [2.45, 2.75) is 45.4 Å². The lowest BCUT2D eigenvalue weighted by Gasteiger charge is -2.44. The van der Waals surface area contributed by atoms with Gasteiger partial charge >= 0.3 is 0 Å². The third kappa shape index (κ3) is 8.34. The highest BCUT2D eigenvalue weighted by Crippen LogP contribution is 2.26. The molecule has 0 radical (unpaired) electrons. The fourth-order valence-electron chi connectivity index (χ4n) is 5.90. The molecule has 3 aromatic rings. The Hall–Kier alpha value is -3.46. The monoisotopic (exact) mass is 606 g/mol. The van der Waals surface area contributed by atoms with Crippen LogP contribution < -0.4 is 4.74 Å². The first kappa shape index (κ1) is 31.0. The minimum Gasteiger partial charge on any atom is -0.483 e. The maximum absolute atomic E-state index is 13.3. The summed E-state index contributed by atoms with van der Waals surface area (Å²) in [6.07, 6.45) is 0.418. The molecule has 0 saturated carbocycles. The molecule has 43 heavy (non-hydrogen) atoms. The summed E-state index contributed by atoms with van der Waals surface area (Å²) in [7, 11) is 0. The van der Waals surface area contributed by atoms with Gasteiger partial charge in [-0.15, -0.1) is 0 Å². The molecule has 3 aromatic carbocycles. The van der Waals surface area contributed by atoms with Crippen LogP contribution in [-0.2, 0) is 29.1 Å². The van der Waals surface area contributed by atoms with Gasteiger partial charge in [0.25, 0.3) is 5.91 Å². The molecule has 228 valence electrons. The Kier molecular flexibility index (Phi) is 10.3. The van der Waals surface area contributed by atoms with E-state index in [1.807, 2.05) is 64.4 Å². The average Bonchev–Trinajstić information content (AvgIpc) is 3.00. The molecule has 0 aromatic heterocycles. The number of piperazine rings is 2. The predicted octanol–water partition coefficient (Wildman–Crippen LogP) is 4.87. The van der Waals surface area contributed by atoms with Gasteiger partial charge in [0.15, 0.2) is 6.61 Å². The summed E-state index contributed by atoms with van der Waals surface area (Å²) in [4.78, 5) is 34.5. The molecule has 2 amide bonds. The number of hydrogen-bond donors (Lipinski definition) is 0. The molecule has 5 rings (SSSR count). The van der Waals surface area contributed by atoms with Crippen LogP contribution in [0, 0.1) is 5.82 Å². The minimum absolute atomic E-state index is 0.0262. The van der Waals surface area contributed by atoms with Crippen LogP contribution in [0.15, 0.2) is 72.8 Å². The van der Waals surface area contributed by atoms with Crippen molar-refractivity contribution in [1.82, 2.24) is 19.6 Å². The van der Waals surface area contributed by atoms with E-state index in [4.69, 9.17) is 16.3 Å². The number of ether oxygens (including phenoxy) is 1. The molecule has 2 saturated heterocycles. The van der Waals surface area contributed by atoms with Crippen LogP contribution in [-0.4, -0.2) is 89.4 Å². The zero-order valence-electron chi connectivity index (χ0n) is 24.9. The van der Waals surface area contributed by atoms with Crippen molar-refractivity contribution in [2.75, 3.05) is 45.9 Å². The lowest BCUT2D eigenvalue weighted by Crippen LogP contribution is -2.58. The second kappa shape index (κ2) is 14.3. The molecule has 0 aliphatic carbocycles. The van der Waals surface area contributed by atoms with Crippen LogP contribution in [0.3, 0.4) is 0 Å². The van der Waals surface area contributed by atoms with Gasteiger partial charge in [-0.05, 0) is 55.3 Å². The lowest BCUT2D eigenvalue weighted by atomic mass is 10.1. The lowest BCUT2D eigenvalue weighted by molar-refractivity contribution is -0.139. The van der Waals surface area contributed by atoms with Crippen molar-refractivity contribution in [3.8, 4) is 5.75 Å². The zero-order chi connectivity index (χ0) is 30.3. The maximum atomic E-state index is 13.3. The third-order valence-electron chi connectivity index (χ3n) is 8.43. The van der Waals surface area contributed by atoms with Crippen LogP contribution >= 0.6 is 11.6 Å². The quantitative estimate of drug-likeness (QED) is 0.348. The average molecular weight is 607 g/mol. The fraction of sp³-hybridized carbons (Fsp3) is 0.412. The molecule has 2 heterocycles. The van der Waals surface area contributed by atoms with Gasteiger partial charge in [0.05, 0.1) is 6.42 Å². The number of halogens is 2. The molecule has 0 spiro atoms. The number of carbonyl (C=O) groups is 2. The largest absolute Gasteiger partial charge is 0.483 e. The Balaban J connectivity index is 1.12. The Morgan fingerprint density at radius 3 is 2.28 bits per heavy atom. The van der Waals surface area contributed by atoms with Gasteiger partial charge in [0.2, 0.25) is 5.91 Å². The highest BCUT2D eigenvalue weighted by atomic mass is 35.5. The van der Waals surface area contributed by atoms with Gasteiger partial charge in [-0.3, -0.25) is 19.4 Å². The molecule has 9 heteroatoms. The van der Waals surface area contributed by atoms with E-state index < -0.39 is 0 Å². The molecule has 7 nitrogen and oxygen atoms in total. The molecule has 2 aliphatic heterocycles. The number of benzene rings is 3. The van der Waals surface area contributed by atoms with Crippen molar-refractivity contribution in [2.24, 2.45) is 0 Å². The Morgan fingerprint density at radius 1 is 0.837 bits per heavy atom. The number of nitrogens with zero attached hydrogens (tertiary/aromatic N) is 4. The summed E-state index contributed by atoms with van der Waals surface area (Å²) in [5.74, 6) is 0.511. The molecular formula is C34H40ClFN4O3. The first-order valence-corrected chi connectivity index (χ1v) is 15.4. The van der Waals surface area contributed by atoms with Crippen molar-refractivity contribution in [1.29, 1.82) is 0 Å². The van der Waals surface area contributed by atoms with E-state index in [1.54, 1.807) is 6.07 Å². The van der Waals surface area contributed by atoms with Gasteiger partial charge in [-0.2, -0.15) is 0 Å². The summed E-state index contributed by atoms with van der Waals surface area (Å²) >= 11 is 6.35. The smallest absolute Gasteiger partial charge is 0.260 e. The van der Waals surface area contributed by atoms with Crippen LogP contribution in [0.25, 0.3) is 0 Å². The van der Waals surface area contributed by atoms with Crippen LogP contribution in [0.1, 0.15) is 30.5 Å². The summed E-state index contributed by atoms with van der Waals surface area (Å²) < 4.78 is 19.4. The summed E-state index contributed by atoms with van der Waals surface area (Å²) in [5, 5.41) is 0.616. The molecule has 2 fully saturated rings. The van der Waals surface area contributed by atoms with Gasteiger partial charge in [-0.25, -0.2) is 4.39 Å². The van der Waals surface area contributed by atoms with Crippen LogP contribution in [0.4, 0.5) is 4.39 Å². The molecule has 0 bridgehead atoms. The van der Waals surface area contributed by atoms with E-state index in [2.05, 4.69) is 23.6 Å². The highest BCUT2D eigenvalue weighted by molar-refractivity contribution is 6.30. The minimum atomic E-state index is -0.238. The summed E-state index contributed by atoms with van der Waals surface area (Å²) in [6.45, 7) is 9.64. The first-order valence-electron chi connectivity index (χ1n) is 15.0. The van der Waals surface area contributed by atoms with E-state index in [0.29, 0.717) is 49.9 Å². The van der Waals surface area contributed by atoms with Gasteiger partial charge < -0.3 is 14.5 Å². The van der Waals surface area contributed by atoms with Crippen molar-refractivity contribution < 1.29 is 18.7 Å². The zero-order valence-corrected chi connectivity index (χ0v) is 25.7. The summed E-state index contributed by atoms with van der Waals surface area (Å²) in [5.41, 5.74) is 3.01. The number of hydrogen-bond acceptors (Lipinski definition) is 5. The van der Waals surface area contributed by atoms with E-state index >= 15 is 0 Å². The first-order chi connectivity index (χ1) is 20.7. The molecule has 2 atom stereocenters. The predicted molar refractivity (Wildman–Crippen MR) is 166 cm³/mol. The van der Waals surface area contributed by atoms with E-state index in [-0.39, 0.29) is 36.3 Å². The Labute approximate surface area is 258 Å². The second-order valence-electron chi connectivity index (χ2n) is 11.7. The van der Waals surface area contributed by atoms with Gasteiger partial charge in [0, 0.05) is 75.0 Å². The third-order valence-corrected chi connectivity index (χ3v) is 8.66. The van der Waals surface area contributed by atoms with Crippen molar-refractivity contribution >= 4 is 23.4 Å². The Bertz CT molecular complexity index is 1380. The standard InChI is InChI=1S/C34H40ClFN4O3/c1-25-21-40(26(2)20-39(25)22-28-8-11-31(36)12-9-28)34(42)24-43-32-13-10-30(35)19-29(32)23-37-14-16-38(17-15-37)33(41)18-27-6-4-3-5-7-27/h3-13,19,25-26H,14-18,20-24H2,1-2H3. The molecule has 2 unspecified atom stereocenters. The second-order valence-corrected chi connectivity index (χ2v) is 12.1. The maximum Gasteiger partial charge on any atom is 0.260 e. The van der Waals surface area contributed by atoms with Crippen LogP contribution in [0.5, 0.6) is 5.75 Å².